The first-order valence-electron chi connectivity index (χ1n) is 7.52. The second-order valence-corrected chi connectivity index (χ2v) is 5.87. The molecule has 21 heavy (non-hydrogen) atoms. The first-order valence-corrected chi connectivity index (χ1v) is 7.89. The van der Waals surface area contributed by atoms with E-state index < -0.39 is 0 Å². The normalized spacial score (nSPS) is 16.0. The van der Waals surface area contributed by atoms with Crippen molar-refractivity contribution >= 4 is 17.5 Å². The predicted molar refractivity (Wildman–Crippen MR) is 85.3 cm³/mol. The van der Waals surface area contributed by atoms with Gasteiger partial charge in [0.25, 0.3) is 5.91 Å². The van der Waals surface area contributed by atoms with Gasteiger partial charge in [0.15, 0.2) is 0 Å². The largest absolute Gasteiger partial charge is 0.493 e. The fourth-order valence-electron chi connectivity index (χ4n) is 2.30. The van der Waals surface area contributed by atoms with E-state index in [0.29, 0.717) is 22.9 Å². The van der Waals surface area contributed by atoms with Gasteiger partial charge in [-0.05, 0) is 31.7 Å². The quantitative estimate of drug-likeness (QED) is 0.784. The summed E-state index contributed by atoms with van der Waals surface area (Å²) >= 11 is 6.05. The van der Waals surface area contributed by atoms with Crippen molar-refractivity contribution < 1.29 is 9.53 Å². The van der Waals surface area contributed by atoms with Crippen LogP contribution in [0.25, 0.3) is 0 Å². The van der Waals surface area contributed by atoms with Gasteiger partial charge in [0.2, 0.25) is 0 Å². The van der Waals surface area contributed by atoms with Crippen LogP contribution in [0.15, 0.2) is 18.2 Å². The van der Waals surface area contributed by atoms with Crippen molar-refractivity contribution in [1.29, 1.82) is 0 Å². The van der Waals surface area contributed by atoms with Gasteiger partial charge in [0.05, 0.1) is 12.2 Å². The maximum atomic E-state index is 12.7. The number of carbonyl (C=O) groups is 1. The Bertz CT molecular complexity index is 485. The molecule has 0 spiro atoms. The van der Waals surface area contributed by atoms with Gasteiger partial charge >= 0.3 is 0 Å². The number of likely N-dealkylation sites (N-methyl/N-ethyl adjacent to an activating group) is 1. The SMILES string of the molecule is CCCCOc1ccc(Cl)cc1C(=O)N1CCN(C)CC1. The smallest absolute Gasteiger partial charge is 0.257 e. The molecule has 0 bridgehead atoms. The van der Waals surface area contributed by atoms with Crippen molar-refractivity contribution in [1.82, 2.24) is 9.80 Å². The number of ether oxygens (including phenoxy) is 1. The zero-order valence-corrected chi connectivity index (χ0v) is 13.5. The lowest BCUT2D eigenvalue weighted by Gasteiger charge is -2.32. The number of unbranched alkanes of at least 4 members (excludes halogenated alkanes) is 1. The molecule has 4 nitrogen and oxygen atoms in total. The first-order chi connectivity index (χ1) is 10.1. The van der Waals surface area contributed by atoms with E-state index in [0.717, 1.165) is 39.0 Å². The summed E-state index contributed by atoms with van der Waals surface area (Å²) < 4.78 is 5.75. The zero-order chi connectivity index (χ0) is 15.2. The van der Waals surface area contributed by atoms with Crippen LogP contribution < -0.4 is 4.74 Å². The summed E-state index contributed by atoms with van der Waals surface area (Å²) in [6.45, 7) is 6.03. The Morgan fingerprint density at radius 1 is 1.29 bits per heavy atom. The fraction of sp³-hybridized carbons (Fsp3) is 0.562. The molecule has 0 atom stereocenters. The molecule has 116 valence electrons. The Labute approximate surface area is 131 Å². The first kappa shape index (κ1) is 16.1. The Morgan fingerprint density at radius 2 is 2.00 bits per heavy atom. The van der Waals surface area contributed by atoms with Gasteiger partial charge in [-0.3, -0.25) is 4.79 Å². The molecule has 0 unspecified atom stereocenters. The summed E-state index contributed by atoms with van der Waals surface area (Å²) in [6, 6.07) is 5.27. The molecule has 1 aliphatic rings. The van der Waals surface area contributed by atoms with Gasteiger partial charge in [-0.25, -0.2) is 0 Å². The highest BCUT2D eigenvalue weighted by atomic mass is 35.5. The van der Waals surface area contributed by atoms with Crippen LogP contribution in [0, 0.1) is 0 Å². The minimum Gasteiger partial charge on any atom is -0.493 e. The summed E-state index contributed by atoms with van der Waals surface area (Å²) in [5.74, 6) is 0.647. The number of piperazine rings is 1. The van der Waals surface area contributed by atoms with Gasteiger partial charge in [-0.15, -0.1) is 0 Å². The van der Waals surface area contributed by atoms with Gasteiger partial charge in [-0.1, -0.05) is 24.9 Å². The molecule has 1 aromatic rings. The lowest BCUT2D eigenvalue weighted by atomic mass is 10.1. The Hall–Kier alpha value is -1.26. The van der Waals surface area contributed by atoms with Crippen LogP contribution in [0.1, 0.15) is 30.1 Å². The van der Waals surface area contributed by atoms with Crippen molar-refractivity contribution in [3.63, 3.8) is 0 Å². The van der Waals surface area contributed by atoms with Crippen LogP contribution in [-0.4, -0.2) is 55.5 Å². The molecule has 1 amide bonds. The van der Waals surface area contributed by atoms with Crippen LogP contribution in [0.2, 0.25) is 5.02 Å². The Kier molecular flexibility index (Phi) is 5.88. The molecule has 5 heteroatoms. The number of amides is 1. The average molecular weight is 311 g/mol. The summed E-state index contributed by atoms with van der Waals surface area (Å²) in [5.41, 5.74) is 0.572. The molecule has 1 fully saturated rings. The molecule has 1 saturated heterocycles. The molecular weight excluding hydrogens is 288 g/mol. The third kappa shape index (κ3) is 4.35. The minimum atomic E-state index is 0.0112. The second-order valence-electron chi connectivity index (χ2n) is 5.44. The number of halogens is 1. The minimum absolute atomic E-state index is 0.0112. The number of hydrogen-bond donors (Lipinski definition) is 0. The van der Waals surface area contributed by atoms with Gasteiger partial charge in [0, 0.05) is 31.2 Å². The number of benzene rings is 1. The lowest BCUT2D eigenvalue weighted by molar-refractivity contribution is 0.0660. The van der Waals surface area contributed by atoms with Crippen molar-refractivity contribution in [2.24, 2.45) is 0 Å². The van der Waals surface area contributed by atoms with E-state index in [-0.39, 0.29) is 5.91 Å². The van der Waals surface area contributed by atoms with E-state index in [9.17, 15) is 4.79 Å². The highest BCUT2D eigenvalue weighted by molar-refractivity contribution is 6.31. The molecule has 0 radical (unpaired) electrons. The van der Waals surface area contributed by atoms with Crippen LogP contribution in [0.5, 0.6) is 5.75 Å². The topological polar surface area (TPSA) is 32.8 Å². The number of rotatable bonds is 5. The van der Waals surface area contributed by atoms with Crippen LogP contribution in [0.4, 0.5) is 0 Å². The summed E-state index contributed by atoms with van der Waals surface area (Å²) in [4.78, 5) is 16.8. The predicted octanol–water partition coefficient (Wildman–Crippen LogP) is 2.91. The van der Waals surface area contributed by atoms with Crippen LogP contribution in [0.3, 0.4) is 0 Å². The third-order valence-electron chi connectivity index (χ3n) is 3.72. The third-order valence-corrected chi connectivity index (χ3v) is 3.95. The molecule has 2 rings (SSSR count). The van der Waals surface area contributed by atoms with Gasteiger partial charge in [0.1, 0.15) is 5.75 Å². The number of nitrogens with zero attached hydrogens (tertiary/aromatic N) is 2. The molecule has 1 aliphatic heterocycles. The van der Waals surface area contributed by atoms with E-state index in [1.807, 2.05) is 4.90 Å². The lowest BCUT2D eigenvalue weighted by Crippen LogP contribution is -2.47. The van der Waals surface area contributed by atoms with Crippen molar-refractivity contribution in [3.05, 3.63) is 28.8 Å². The van der Waals surface area contributed by atoms with Crippen molar-refractivity contribution in [3.8, 4) is 5.75 Å². The molecule has 0 aromatic heterocycles. The van der Waals surface area contributed by atoms with E-state index in [4.69, 9.17) is 16.3 Å². The van der Waals surface area contributed by atoms with E-state index >= 15 is 0 Å². The number of hydrogen-bond acceptors (Lipinski definition) is 3. The Balaban J connectivity index is 2.12. The molecule has 1 heterocycles. The Morgan fingerprint density at radius 3 is 2.67 bits per heavy atom. The molecular formula is C16H23ClN2O2. The second kappa shape index (κ2) is 7.66. The maximum Gasteiger partial charge on any atom is 0.257 e. The molecule has 0 aliphatic carbocycles. The molecule has 0 saturated carbocycles. The standard InChI is InChI=1S/C16H23ClN2O2/c1-3-4-11-21-15-6-5-13(17)12-14(15)16(20)19-9-7-18(2)8-10-19/h5-6,12H,3-4,7-11H2,1-2H3. The van der Waals surface area contributed by atoms with E-state index in [1.165, 1.54) is 0 Å². The monoisotopic (exact) mass is 310 g/mol. The van der Waals surface area contributed by atoms with Crippen molar-refractivity contribution in [2.45, 2.75) is 19.8 Å². The summed E-state index contributed by atoms with van der Waals surface area (Å²) in [7, 11) is 2.07. The highest BCUT2D eigenvalue weighted by Crippen LogP contribution is 2.25. The maximum absolute atomic E-state index is 12.7. The molecule has 0 N–H and O–H groups in total. The summed E-state index contributed by atoms with van der Waals surface area (Å²) in [6.07, 6.45) is 2.04. The average Bonchev–Trinajstić information content (AvgIpc) is 2.49. The van der Waals surface area contributed by atoms with E-state index in [2.05, 4.69) is 18.9 Å². The number of carbonyl (C=O) groups excluding carboxylic acids is 1. The fourth-order valence-corrected chi connectivity index (χ4v) is 2.47. The van der Waals surface area contributed by atoms with E-state index in [1.54, 1.807) is 18.2 Å². The zero-order valence-electron chi connectivity index (χ0n) is 12.8. The molecule has 1 aromatic carbocycles. The van der Waals surface area contributed by atoms with Crippen LogP contribution >= 0.6 is 11.6 Å². The van der Waals surface area contributed by atoms with Crippen LogP contribution in [-0.2, 0) is 0 Å². The highest BCUT2D eigenvalue weighted by Gasteiger charge is 2.23. The van der Waals surface area contributed by atoms with Gasteiger partial charge in [-0.2, -0.15) is 0 Å². The van der Waals surface area contributed by atoms with Gasteiger partial charge < -0.3 is 14.5 Å². The van der Waals surface area contributed by atoms with Crippen molar-refractivity contribution in [2.75, 3.05) is 39.8 Å². The summed E-state index contributed by atoms with van der Waals surface area (Å²) in [5, 5.41) is 0.565.